The van der Waals surface area contributed by atoms with Gasteiger partial charge in [-0.25, -0.2) is 4.57 Å². The van der Waals surface area contributed by atoms with Crippen LogP contribution in [-0.2, 0) is 13.6 Å². The molecule has 6 nitrogen and oxygen atoms in total. The van der Waals surface area contributed by atoms with Gasteiger partial charge in [0.1, 0.15) is 18.5 Å². The molecule has 1 amide bonds. The number of nitrogens with one attached hydrogen (secondary N) is 1. The van der Waals surface area contributed by atoms with Crippen molar-refractivity contribution in [1.29, 1.82) is 5.26 Å². The van der Waals surface area contributed by atoms with Gasteiger partial charge in [0, 0.05) is 24.1 Å². The number of pyridine rings is 1. The Morgan fingerprint density at radius 3 is 2.43 bits per heavy atom. The fourth-order valence-electron chi connectivity index (χ4n) is 4.63. The number of amides is 1. The molecule has 1 atom stereocenters. The van der Waals surface area contributed by atoms with Crippen LogP contribution in [0.15, 0.2) is 103 Å². The molecule has 2 heterocycles. The van der Waals surface area contributed by atoms with E-state index >= 15 is 0 Å². The van der Waals surface area contributed by atoms with Crippen LogP contribution in [-0.4, -0.2) is 17.6 Å². The lowest BCUT2D eigenvalue weighted by molar-refractivity contribution is -0.671. The molecule has 5 aromatic rings. The Kier molecular flexibility index (Phi) is 6.69. The molecule has 1 unspecified atom stereocenters. The molecule has 37 heavy (non-hydrogen) atoms. The van der Waals surface area contributed by atoms with E-state index in [4.69, 9.17) is 4.74 Å². The average Bonchev–Trinajstić information content (AvgIpc) is 3.31. The van der Waals surface area contributed by atoms with E-state index in [0.29, 0.717) is 23.6 Å². The molecule has 0 aliphatic carbocycles. The summed E-state index contributed by atoms with van der Waals surface area (Å²) in [6, 6.07) is 31.0. The van der Waals surface area contributed by atoms with Crippen molar-refractivity contribution < 1.29 is 14.1 Å². The highest BCUT2D eigenvalue weighted by Gasteiger charge is 2.23. The van der Waals surface area contributed by atoms with Crippen molar-refractivity contribution in [3.63, 3.8) is 0 Å². The lowest BCUT2D eigenvalue weighted by Gasteiger charge is -2.20. The molecule has 0 aliphatic rings. The molecule has 0 radical (unpaired) electrons. The highest BCUT2D eigenvalue weighted by atomic mass is 16.5. The number of carbonyl (C=O) groups is 1. The number of benzene rings is 3. The van der Waals surface area contributed by atoms with Gasteiger partial charge < -0.3 is 14.6 Å². The Morgan fingerprint density at radius 1 is 0.973 bits per heavy atom. The van der Waals surface area contributed by atoms with Gasteiger partial charge in [-0.05, 0) is 47.0 Å². The van der Waals surface area contributed by atoms with Gasteiger partial charge in [0.15, 0.2) is 12.4 Å². The van der Waals surface area contributed by atoms with Crippen LogP contribution in [0.4, 0.5) is 0 Å². The molecular formula is C31H27N4O2+. The summed E-state index contributed by atoms with van der Waals surface area (Å²) in [6.45, 7) is 0.437. The van der Waals surface area contributed by atoms with Gasteiger partial charge in [0.2, 0.25) is 0 Å². The average molecular weight is 488 g/mol. The van der Waals surface area contributed by atoms with Crippen LogP contribution in [0.2, 0.25) is 0 Å². The SMILES string of the molecule is COc1cccc2c1cc(C(=O)NC(c1ccccc1)c1cc[n+](C)cc1)n2Cc1cccc(C#N)c1. The van der Waals surface area contributed by atoms with Crippen molar-refractivity contribution in [3.8, 4) is 11.8 Å². The minimum atomic E-state index is -0.329. The number of aromatic nitrogens is 2. The number of hydrogen-bond donors (Lipinski definition) is 1. The number of nitriles is 1. The van der Waals surface area contributed by atoms with Crippen LogP contribution in [0.3, 0.4) is 0 Å². The normalized spacial score (nSPS) is 11.6. The van der Waals surface area contributed by atoms with Gasteiger partial charge >= 0.3 is 0 Å². The molecule has 2 aromatic heterocycles. The Balaban J connectivity index is 1.59. The van der Waals surface area contributed by atoms with Crippen molar-refractivity contribution in [2.24, 2.45) is 7.05 Å². The summed E-state index contributed by atoms with van der Waals surface area (Å²) in [4.78, 5) is 13.9. The third-order valence-corrected chi connectivity index (χ3v) is 6.50. The summed E-state index contributed by atoms with van der Waals surface area (Å²) in [5.41, 5.74) is 4.90. The summed E-state index contributed by atoms with van der Waals surface area (Å²) < 4.78 is 9.55. The Labute approximate surface area is 216 Å². The summed E-state index contributed by atoms with van der Waals surface area (Å²) >= 11 is 0. The fourth-order valence-corrected chi connectivity index (χ4v) is 4.63. The maximum atomic E-state index is 13.9. The first kappa shape index (κ1) is 23.8. The molecular weight excluding hydrogens is 460 g/mol. The predicted molar refractivity (Wildman–Crippen MR) is 142 cm³/mol. The van der Waals surface area contributed by atoms with E-state index in [1.165, 1.54) is 0 Å². The molecule has 0 saturated heterocycles. The zero-order valence-electron chi connectivity index (χ0n) is 20.8. The molecule has 1 N–H and O–H groups in total. The molecule has 0 fully saturated rings. The maximum Gasteiger partial charge on any atom is 0.268 e. The summed E-state index contributed by atoms with van der Waals surface area (Å²) in [6.07, 6.45) is 3.95. The van der Waals surface area contributed by atoms with Crippen LogP contribution in [0.5, 0.6) is 5.75 Å². The number of hydrogen-bond acceptors (Lipinski definition) is 3. The number of carbonyl (C=O) groups excluding carboxylic acids is 1. The third kappa shape index (κ3) is 4.93. The van der Waals surface area contributed by atoms with Crippen molar-refractivity contribution in [2.45, 2.75) is 12.6 Å². The van der Waals surface area contributed by atoms with Crippen LogP contribution in [0.1, 0.15) is 38.8 Å². The molecule has 6 heteroatoms. The Hall–Kier alpha value is -4.89. The fraction of sp³-hybridized carbons (Fsp3) is 0.129. The number of aryl methyl sites for hydroxylation is 1. The second kappa shape index (κ2) is 10.4. The van der Waals surface area contributed by atoms with Crippen molar-refractivity contribution in [1.82, 2.24) is 9.88 Å². The number of methoxy groups -OCH3 is 1. The molecule has 3 aromatic carbocycles. The van der Waals surface area contributed by atoms with E-state index in [0.717, 1.165) is 27.6 Å². The summed E-state index contributed by atoms with van der Waals surface area (Å²) in [5, 5.41) is 13.5. The second-order valence-corrected chi connectivity index (χ2v) is 8.94. The lowest BCUT2D eigenvalue weighted by Crippen LogP contribution is -2.32. The van der Waals surface area contributed by atoms with Crippen LogP contribution < -0.4 is 14.6 Å². The van der Waals surface area contributed by atoms with Crippen molar-refractivity contribution >= 4 is 16.8 Å². The highest BCUT2D eigenvalue weighted by molar-refractivity contribution is 6.00. The number of ether oxygens (including phenoxy) is 1. The topological polar surface area (TPSA) is 70.9 Å². The Morgan fingerprint density at radius 2 is 1.70 bits per heavy atom. The monoisotopic (exact) mass is 487 g/mol. The van der Waals surface area contributed by atoms with Crippen LogP contribution in [0, 0.1) is 11.3 Å². The van der Waals surface area contributed by atoms with Gasteiger partial charge in [-0.15, -0.1) is 0 Å². The maximum absolute atomic E-state index is 13.9. The van der Waals surface area contributed by atoms with Gasteiger partial charge in [0.25, 0.3) is 5.91 Å². The smallest absolute Gasteiger partial charge is 0.268 e. The van der Waals surface area contributed by atoms with E-state index in [9.17, 15) is 10.1 Å². The van der Waals surface area contributed by atoms with Gasteiger partial charge in [-0.3, -0.25) is 4.79 Å². The van der Waals surface area contributed by atoms with Crippen LogP contribution in [0.25, 0.3) is 10.9 Å². The lowest BCUT2D eigenvalue weighted by atomic mass is 9.99. The largest absolute Gasteiger partial charge is 0.496 e. The molecule has 182 valence electrons. The minimum absolute atomic E-state index is 0.197. The molecule has 0 spiro atoms. The first-order valence-corrected chi connectivity index (χ1v) is 12.0. The zero-order chi connectivity index (χ0) is 25.8. The highest BCUT2D eigenvalue weighted by Crippen LogP contribution is 2.30. The molecule has 0 aliphatic heterocycles. The van der Waals surface area contributed by atoms with Gasteiger partial charge in [-0.2, -0.15) is 5.26 Å². The summed E-state index contributed by atoms with van der Waals surface area (Å²) in [7, 11) is 3.59. The first-order chi connectivity index (χ1) is 18.1. The van der Waals surface area contributed by atoms with Crippen molar-refractivity contribution in [2.75, 3.05) is 7.11 Å². The quantitative estimate of drug-likeness (QED) is 0.332. The van der Waals surface area contributed by atoms with E-state index in [-0.39, 0.29) is 11.9 Å². The minimum Gasteiger partial charge on any atom is -0.496 e. The van der Waals surface area contributed by atoms with Crippen molar-refractivity contribution in [3.05, 3.63) is 131 Å². The van der Waals surface area contributed by atoms with E-state index in [2.05, 4.69) is 11.4 Å². The standard InChI is InChI=1S/C31H26N4O2/c1-34-16-14-25(15-17-34)30(24-10-4-3-5-11-24)33-31(36)28-19-26-27(12-7-13-29(26)37-2)35(28)21-23-9-6-8-22(18-23)20-32/h3-19,30H,21H2,1-2H3/p+1. The van der Waals surface area contributed by atoms with Crippen LogP contribution >= 0.6 is 0 Å². The molecule has 0 bridgehead atoms. The third-order valence-electron chi connectivity index (χ3n) is 6.50. The van der Waals surface area contributed by atoms with Gasteiger partial charge in [-0.1, -0.05) is 48.5 Å². The zero-order valence-corrected chi connectivity index (χ0v) is 20.8. The molecule has 0 saturated carbocycles. The second-order valence-electron chi connectivity index (χ2n) is 8.94. The number of nitrogens with zero attached hydrogens (tertiary/aromatic N) is 3. The van der Waals surface area contributed by atoms with E-state index in [1.807, 2.05) is 114 Å². The first-order valence-electron chi connectivity index (χ1n) is 12.0. The van der Waals surface area contributed by atoms with E-state index in [1.54, 1.807) is 13.2 Å². The van der Waals surface area contributed by atoms with E-state index < -0.39 is 0 Å². The summed E-state index contributed by atoms with van der Waals surface area (Å²) in [5.74, 6) is 0.503. The number of rotatable bonds is 7. The predicted octanol–water partition coefficient (Wildman–Crippen LogP) is 4.91. The Bertz CT molecular complexity index is 1600. The van der Waals surface area contributed by atoms with Gasteiger partial charge in [0.05, 0.1) is 30.3 Å². The molecule has 5 rings (SSSR count). The number of fused-ring (bicyclic) bond motifs is 1.